The molecule has 0 saturated heterocycles. The van der Waals surface area contributed by atoms with Gasteiger partial charge in [-0.1, -0.05) is 37.6 Å². The highest BCUT2D eigenvalue weighted by atomic mass is 35.5. The first-order valence-corrected chi connectivity index (χ1v) is 7.71. The average Bonchev–Trinajstić information content (AvgIpc) is 2.54. The Hall–Kier alpha value is -2.60. The van der Waals surface area contributed by atoms with E-state index in [-0.39, 0.29) is 23.0 Å². The lowest BCUT2D eigenvalue weighted by Gasteiger charge is -2.09. The molecule has 0 bridgehead atoms. The Bertz CT molecular complexity index is 745. The molecule has 0 radical (unpaired) electrons. The van der Waals surface area contributed by atoms with Crippen LogP contribution in [0.3, 0.4) is 0 Å². The normalized spacial score (nSPS) is 10.5. The number of nitro groups is 1. The highest BCUT2D eigenvalue weighted by Crippen LogP contribution is 2.27. The molecule has 6 nitrogen and oxygen atoms in total. The molecule has 2 aromatic rings. The topological polar surface area (TPSA) is 81.5 Å². The van der Waals surface area contributed by atoms with Crippen molar-refractivity contribution in [1.29, 1.82) is 0 Å². The van der Waals surface area contributed by atoms with Gasteiger partial charge < -0.3 is 10.1 Å². The summed E-state index contributed by atoms with van der Waals surface area (Å²) in [5, 5.41) is 13.7. The molecule has 0 heterocycles. The van der Waals surface area contributed by atoms with Gasteiger partial charge >= 0.3 is 0 Å². The highest BCUT2D eigenvalue weighted by molar-refractivity contribution is 6.31. The second-order valence-corrected chi connectivity index (χ2v) is 5.92. The number of benzene rings is 2. The summed E-state index contributed by atoms with van der Waals surface area (Å²) in [6.07, 6.45) is 0. The summed E-state index contributed by atoms with van der Waals surface area (Å²) in [4.78, 5) is 22.3. The molecular formula is C17H17ClN2O4. The number of amides is 1. The second kappa shape index (κ2) is 7.79. The van der Waals surface area contributed by atoms with Gasteiger partial charge in [0.25, 0.3) is 11.6 Å². The Morgan fingerprint density at radius 1 is 1.25 bits per heavy atom. The summed E-state index contributed by atoms with van der Waals surface area (Å²) in [7, 11) is 0. The van der Waals surface area contributed by atoms with Crippen molar-refractivity contribution in [1.82, 2.24) is 0 Å². The second-order valence-electron chi connectivity index (χ2n) is 5.48. The molecule has 1 N–H and O–H groups in total. The van der Waals surface area contributed by atoms with Crippen LogP contribution in [0.15, 0.2) is 42.5 Å². The number of ether oxygens (including phenoxy) is 1. The SMILES string of the molecule is CC(C)c1ccc(OCC(=O)Nc2ccc(Cl)cc2[N+](=O)[O-])cc1. The Morgan fingerprint density at radius 3 is 2.50 bits per heavy atom. The van der Waals surface area contributed by atoms with E-state index >= 15 is 0 Å². The zero-order chi connectivity index (χ0) is 17.7. The molecule has 0 atom stereocenters. The van der Waals surface area contributed by atoms with Gasteiger partial charge in [0.1, 0.15) is 11.4 Å². The number of hydrogen-bond acceptors (Lipinski definition) is 4. The molecule has 0 saturated carbocycles. The van der Waals surface area contributed by atoms with Crippen molar-refractivity contribution in [3.8, 4) is 5.75 Å². The Balaban J connectivity index is 1.97. The fraction of sp³-hybridized carbons (Fsp3) is 0.235. The molecule has 0 aliphatic rings. The average molecular weight is 349 g/mol. The predicted octanol–water partition coefficient (Wildman–Crippen LogP) is 4.39. The maximum Gasteiger partial charge on any atom is 0.294 e. The Morgan fingerprint density at radius 2 is 1.92 bits per heavy atom. The van der Waals surface area contributed by atoms with E-state index < -0.39 is 10.8 Å². The molecule has 0 unspecified atom stereocenters. The van der Waals surface area contributed by atoms with Crippen molar-refractivity contribution in [2.75, 3.05) is 11.9 Å². The van der Waals surface area contributed by atoms with E-state index in [1.807, 2.05) is 12.1 Å². The number of hydrogen-bond donors (Lipinski definition) is 1. The van der Waals surface area contributed by atoms with E-state index in [0.29, 0.717) is 11.7 Å². The van der Waals surface area contributed by atoms with Crippen molar-refractivity contribution in [2.45, 2.75) is 19.8 Å². The molecule has 0 aliphatic carbocycles. The van der Waals surface area contributed by atoms with Crippen LogP contribution in [0.5, 0.6) is 5.75 Å². The van der Waals surface area contributed by atoms with Crippen molar-refractivity contribution in [2.24, 2.45) is 0 Å². The van der Waals surface area contributed by atoms with Gasteiger partial charge in [0, 0.05) is 11.1 Å². The van der Waals surface area contributed by atoms with Gasteiger partial charge in [0.2, 0.25) is 0 Å². The first-order chi connectivity index (χ1) is 11.4. The van der Waals surface area contributed by atoms with Crippen LogP contribution < -0.4 is 10.1 Å². The summed E-state index contributed by atoms with van der Waals surface area (Å²) in [5.74, 6) is 0.473. The van der Waals surface area contributed by atoms with Gasteiger partial charge in [-0.05, 0) is 35.7 Å². The number of halogens is 1. The number of carbonyl (C=O) groups excluding carboxylic acids is 1. The van der Waals surface area contributed by atoms with Crippen LogP contribution in [0.2, 0.25) is 5.02 Å². The lowest BCUT2D eigenvalue weighted by molar-refractivity contribution is -0.383. The fourth-order valence-electron chi connectivity index (χ4n) is 2.05. The van der Waals surface area contributed by atoms with E-state index in [2.05, 4.69) is 19.2 Å². The molecular weight excluding hydrogens is 332 g/mol. The standard InChI is InChI=1S/C17H17ClN2O4/c1-11(2)12-3-6-14(7-4-12)24-10-17(21)19-15-8-5-13(18)9-16(15)20(22)23/h3-9,11H,10H2,1-2H3,(H,19,21). The third-order valence-corrected chi connectivity index (χ3v) is 3.58. The monoisotopic (exact) mass is 348 g/mol. The van der Waals surface area contributed by atoms with Crippen LogP contribution in [-0.2, 0) is 4.79 Å². The highest BCUT2D eigenvalue weighted by Gasteiger charge is 2.16. The van der Waals surface area contributed by atoms with E-state index in [1.54, 1.807) is 12.1 Å². The van der Waals surface area contributed by atoms with E-state index in [0.717, 1.165) is 0 Å². The number of nitrogens with one attached hydrogen (secondary N) is 1. The number of nitrogens with zero attached hydrogens (tertiary/aromatic N) is 1. The Labute approximate surface area is 144 Å². The van der Waals surface area contributed by atoms with Gasteiger partial charge in [-0.25, -0.2) is 0 Å². The maximum atomic E-state index is 11.9. The van der Waals surface area contributed by atoms with Gasteiger partial charge in [-0.3, -0.25) is 14.9 Å². The van der Waals surface area contributed by atoms with Gasteiger partial charge in [-0.15, -0.1) is 0 Å². The van der Waals surface area contributed by atoms with E-state index in [4.69, 9.17) is 16.3 Å². The number of rotatable bonds is 6. The molecule has 0 spiro atoms. The zero-order valence-corrected chi connectivity index (χ0v) is 14.0. The Kier molecular flexibility index (Phi) is 5.76. The lowest BCUT2D eigenvalue weighted by Crippen LogP contribution is -2.20. The molecule has 7 heteroatoms. The fourth-order valence-corrected chi connectivity index (χ4v) is 2.21. The molecule has 2 rings (SSSR count). The number of anilines is 1. The third-order valence-electron chi connectivity index (χ3n) is 3.35. The van der Waals surface area contributed by atoms with Crippen LogP contribution in [0.4, 0.5) is 11.4 Å². The van der Waals surface area contributed by atoms with Crippen LogP contribution in [0.25, 0.3) is 0 Å². The molecule has 1 amide bonds. The summed E-state index contributed by atoms with van der Waals surface area (Å²) < 4.78 is 5.39. The van der Waals surface area contributed by atoms with E-state index in [9.17, 15) is 14.9 Å². The summed E-state index contributed by atoms with van der Waals surface area (Å²) >= 11 is 5.73. The minimum absolute atomic E-state index is 0.0770. The van der Waals surface area contributed by atoms with Crippen LogP contribution in [-0.4, -0.2) is 17.4 Å². The minimum atomic E-state index is -0.604. The molecule has 0 aliphatic heterocycles. The zero-order valence-electron chi connectivity index (χ0n) is 13.3. The van der Waals surface area contributed by atoms with Crippen LogP contribution >= 0.6 is 11.6 Å². The number of carbonyl (C=O) groups is 1. The molecule has 0 fully saturated rings. The summed E-state index contributed by atoms with van der Waals surface area (Å²) in [6, 6.07) is 11.5. The van der Waals surface area contributed by atoms with Crippen molar-refractivity contribution >= 4 is 28.9 Å². The molecule has 126 valence electrons. The third kappa shape index (κ3) is 4.70. The first kappa shape index (κ1) is 17.7. The minimum Gasteiger partial charge on any atom is -0.484 e. The number of nitro benzene ring substituents is 1. The summed E-state index contributed by atoms with van der Waals surface area (Å²) in [6.45, 7) is 3.92. The van der Waals surface area contributed by atoms with Crippen LogP contribution in [0, 0.1) is 10.1 Å². The van der Waals surface area contributed by atoms with Crippen molar-refractivity contribution in [3.05, 3.63) is 63.2 Å². The maximum absolute atomic E-state index is 11.9. The molecule has 0 aromatic heterocycles. The quantitative estimate of drug-likeness (QED) is 0.620. The van der Waals surface area contributed by atoms with Crippen molar-refractivity contribution < 1.29 is 14.5 Å². The predicted molar refractivity (Wildman–Crippen MR) is 92.8 cm³/mol. The van der Waals surface area contributed by atoms with Gasteiger partial charge in [0.15, 0.2) is 6.61 Å². The smallest absolute Gasteiger partial charge is 0.294 e. The molecule has 24 heavy (non-hydrogen) atoms. The lowest BCUT2D eigenvalue weighted by atomic mass is 10.0. The molecule has 2 aromatic carbocycles. The van der Waals surface area contributed by atoms with Gasteiger partial charge in [-0.2, -0.15) is 0 Å². The first-order valence-electron chi connectivity index (χ1n) is 7.33. The van der Waals surface area contributed by atoms with Crippen molar-refractivity contribution in [3.63, 3.8) is 0 Å². The van der Waals surface area contributed by atoms with E-state index in [1.165, 1.54) is 23.8 Å². The van der Waals surface area contributed by atoms with Gasteiger partial charge in [0.05, 0.1) is 4.92 Å². The largest absolute Gasteiger partial charge is 0.484 e. The summed E-state index contributed by atoms with van der Waals surface area (Å²) in [5.41, 5.74) is 0.980. The van der Waals surface area contributed by atoms with Crippen LogP contribution in [0.1, 0.15) is 25.3 Å².